The van der Waals surface area contributed by atoms with E-state index in [-0.39, 0.29) is 0 Å². The van der Waals surface area contributed by atoms with Crippen molar-refractivity contribution in [2.45, 2.75) is 12.8 Å². The number of nitrogens with zero attached hydrogens (tertiary/aromatic N) is 2. The SMILES string of the molecule is COc1cc(-c2noc(-c3ccccc3OC)n2)ccc1OCC1CC1. The monoisotopic (exact) mass is 352 g/mol. The van der Waals surface area contributed by atoms with Crippen molar-refractivity contribution < 1.29 is 18.7 Å². The first-order valence-corrected chi connectivity index (χ1v) is 8.57. The number of para-hydroxylation sites is 1. The fraction of sp³-hybridized carbons (Fsp3) is 0.300. The molecule has 1 heterocycles. The van der Waals surface area contributed by atoms with Crippen LogP contribution in [0, 0.1) is 5.92 Å². The highest BCUT2D eigenvalue weighted by atomic mass is 16.5. The van der Waals surface area contributed by atoms with E-state index in [9.17, 15) is 0 Å². The summed E-state index contributed by atoms with van der Waals surface area (Å²) in [6, 6.07) is 13.2. The van der Waals surface area contributed by atoms with Crippen LogP contribution in [0.15, 0.2) is 47.0 Å². The predicted molar refractivity (Wildman–Crippen MR) is 96.5 cm³/mol. The molecule has 0 spiro atoms. The summed E-state index contributed by atoms with van der Waals surface area (Å²) in [6.45, 7) is 0.732. The molecule has 0 N–H and O–H groups in total. The lowest BCUT2D eigenvalue weighted by atomic mass is 10.2. The van der Waals surface area contributed by atoms with Gasteiger partial charge in [0, 0.05) is 5.56 Å². The van der Waals surface area contributed by atoms with Crippen LogP contribution in [0.1, 0.15) is 12.8 Å². The van der Waals surface area contributed by atoms with Gasteiger partial charge in [0.05, 0.1) is 26.4 Å². The van der Waals surface area contributed by atoms with Crippen LogP contribution in [0.25, 0.3) is 22.8 Å². The van der Waals surface area contributed by atoms with Crippen LogP contribution < -0.4 is 14.2 Å². The number of methoxy groups -OCH3 is 2. The Labute approximate surface area is 151 Å². The van der Waals surface area contributed by atoms with Gasteiger partial charge in [-0.3, -0.25) is 0 Å². The van der Waals surface area contributed by atoms with Gasteiger partial charge in [0.1, 0.15) is 5.75 Å². The second-order valence-corrected chi connectivity index (χ2v) is 6.24. The maximum absolute atomic E-state index is 5.84. The zero-order chi connectivity index (χ0) is 17.9. The molecule has 1 saturated carbocycles. The zero-order valence-corrected chi connectivity index (χ0v) is 14.8. The van der Waals surface area contributed by atoms with E-state index in [1.165, 1.54) is 12.8 Å². The van der Waals surface area contributed by atoms with E-state index in [4.69, 9.17) is 18.7 Å². The van der Waals surface area contributed by atoms with Crippen LogP contribution in [0.2, 0.25) is 0 Å². The predicted octanol–water partition coefficient (Wildman–Crippen LogP) is 4.21. The Bertz CT molecular complexity index is 902. The standard InChI is InChI=1S/C20H20N2O4/c1-23-16-6-4-3-5-15(16)20-21-19(22-26-20)14-9-10-17(18(11-14)24-2)25-12-13-7-8-13/h3-6,9-11,13H,7-8,12H2,1-2H3. The van der Waals surface area contributed by atoms with E-state index in [0.717, 1.165) is 23.5 Å². The maximum Gasteiger partial charge on any atom is 0.262 e. The molecular weight excluding hydrogens is 332 g/mol. The summed E-state index contributed by atoms with van der Waals surface area (Å²) in [5.74, 6) is 3.65. The van der Waals surface area contributed by atoms with Crippen LogP contribution in [-0.2, 0) is 0 Å². The topological polar surface area (TPSA) is 66.6 Å². The van der Waals surface area contributed by atoms with Crippen LogP contribution in [0.3, 0.4) is 0 Å². The Morgan fingerprint density at radius 2 is 1.81 bits per heavy atom. The normalized spacial score (nSPS) is 13.5. The second-order valence-electron chi connectivity index (χ2n) is 6.24. The Kier molecular flexibility index (Phi) is 4.48. The van der Waals surface area contributed by atoms with E-state index in [2.05, 4.69) is 10.1 Å². The molecule has 0 aliphatic heterocycles. The van der Waals surface area contributed by atoms with Crippen molar-refractivity contribution >= 4 is 0 Å². The molecule has 1 fully saturated rings. The number of ether oxygens (including phenoxy) is 3. The van der Waals surface area contributed by atoms with E-state index >= 15 is 0 Å². The number of rotatable bonds is 7. The van der Waals surface area contributed by atoms with E-state index < -0.39 is 0 Å². The molecule has 2 aromatic carbocycles. The zero-order valence-electron chi connectivity index (χ0n) is 14.8. The first-order valence-electron chi connectivity index (χ1n) is 8.57. The first-order chi connectivity index (χ1) is 12.8. The quantitative estimate of drug-likeness (QED) is 0.634. The minimum Gasteiger partial charge on any atom is -0.496 e. The van der Waals surface area contributed by atoms with Crippen LogP contribution in [-0.4, -0.2) is 31.0 Å². The van der Waals surface area contributed by atoms with Gasteiger partial charge in [-0.15, -0.1) is 0 Å². The van der Waals surface area contributed by atoms with Gasteiger partial charge in [0.2, 0.25) is 5.82 Å². The van der Waals surface area contributed by atoms with Crippen molar-refractivity contribution in [1.82, 2.24) is 10.1 Å². The van der Waals surface area contributed by atoms with Gasteiger partial charge in [0.25, 0.3) is 5.89 Å². The van der Waals surface area contributed by atoms with Crippen molar-refractivity contribution in [2.24, 2.45) is 5.92 Å². The molecule has 0 bridgehead atoms. The molecule has 134 valence electrons. The van der Waals surface area contributed by atoms with Crippen LogP contribution in [0.4, 0.5) is 0 Å². The lowest BCUT2D eigenvalue weighted by Gasteiger charge is -2.10. The molecule has 4 rings (SSSR count). The van der Waals surface area contributed by atoms with Gasteiger partial charge >= 0.3 is 0 Å². The number of hydrogen-bond donors (Lipinski definition) is 0. The molecule has 26 heavy (non-hydrogen) atoms. The van der Waals surface area contributed by atoms with Crippen molar-refractivity contribution in [3.05, 3.63) is 42.5 Å². The van der Waals surface area contributed by atoms with E-state index in [1.807, 2.05) is 42.5 Å². The number of aromatic nitrogens is 2. The van der Waals surface area contributed by atoms with Gasteiger partial charge in [-0.25, -0.2) is 0 Å². The van der Waals surface area contributed by atoms with Crippen LogP contribution in [0.5, 0.6) is 17.2 Å². The Hall–Kier alpha value is -3.02. The summed E-state index contributed by atoms with van der Waals surface area (Å²) in [5, 5.41) is 4.09. The Morgan fingerprint density at radius 3 is 2.58 bits per heavy atom. The van der Waals surface area contributed by atoms with E-state index in [1.54, 1.807) is 14.2 Å². The maximum atomic E-state index is 5.84. The molecular formula is C20H20N2O4. The second kappa shape index (κ2) is 7.07. The first kappa shape index (κ1) is 16.4. The summed E-state index contributed by atoms with van der Waals surface area (Å²) < 4.78 is 22.1. The molecule has 3 aromatic rings. The van der Waals surface area contributed by atoms with Crippen molar-refractivity contribution in [3.63, 3.8) is 0 Å². The Morgan fingerprint density at radius 1 is 1.00 bits per heavy atom. The summed E-state index contributed by atoms with van der Waals surface area (Å²) in [4.78, 5) is 4.49. The third-order valence-corrected chi connectivity index (χ3v) is 4.36. The average Bonchev–Trinajstić information content (AvgIpc) is 3.40. The molecule has 0 amide bonds. The average molecular weight is 352 g/mol. The smallest absolute Gasteiger partial charge is 0.262 e. The van der Waals surface area contributed by atoms with Gasteiger partial charge in [0.15, 0.2) is 11.5 Å². The third kappa shape index (κ3) is 3.35. The molecule has 0 saturated heterocycles. The lowest BCUT2D eigenvalue weighted by molar-refractivity contribution is 0.280. The van der Waals surface area contributed by atoms with Crippen LogP contribution >= 0.6 is 0 Å². The van der Waals surface area contributed by atoms with Crippen molar-refractivity contribution in [1.29, 1.82) is 0 Å². The molecule has 1 aromatic heterocycles. The van der Waals surface area contributed by atoms with Gasteiger partial charge < -0.3 is 18.7 Å². The number of hydrogen-bond acceptors (Lipinski definition) is 6. The lowest BCUT2D eigenvalue weighted by Crippen LogP contribution is -2.01. The van der Waals surface area contributed by atoms with Gasteiger partial charge in [-0.1, -0.05) is 17.3 Å². The molecule has 1 aliphatic carbocycles. The minimum absolute atomic E-state index is 0.408. The molecule has 6 heteroatoms. The third-order valence-electron chi connectivity index (χ3n) is 4.36. The molecule has 1 aliphatic rings. The summed E-state index contributed by atoms with van der Waals surface area (Å²) >= 11 is 0. The van der Waals surface area contributed by atoms with Crippen molar-refractivity contribution in [2.75, 3.05) is 20.8 Å². The molecule has 0 atom stereocenters. The summed E-state index contributed by atoms with van der Waals surface area (Å²) in [6.07, 6.45) is 2.49. The highest BCUT2D eigenvalue weighted by molar-refractivity contribution is 5.66. The molecule has 6 nitrogen and oxygen atoms in total. The fourth-order valence-corrected chi connectivity index (χ4v) is 2.69. The molecule has 0 radical (unpaired) electrons. The largest absolute Gasteiger partial charge is 0.496 e. The highest BCUT2D eigenvalue weighted by Crippen LogP contribution is 2.36. The number of benzene rings is 2. The van der Waals surface area contributed by atoms with E-state index in [0.29, 0.717) is 29.1 Å². The van der Waals surface area contributed by atoms with Gasteiger partial charge in [-0.2, -0.15) is 4.98 Å². The Balaban J connectivity index is 1.60. The van der Waals surface area contributed by atoms with Crippen molar-refractivity contribution in [3.8, 4) is 40.1 Å². The van der Waals surface area contributed by atoms with Gasteiger partial charge in [-0.05, 0) is 49.1 Å². The summed E-state index contributed by atoms with van der Waals surface area (Å²) in [7, 11) is 3.24. The fourth-order valence-electron chi connectivity index (χ4n) is 2.69. The summed E-state index contributed by atoms with van der Waals surface area (Å²) in [5.41, 5.74) is 1.55. The minimum atomic E-state index is 0.408. The molecule has 0 unspecified atom stereocenters. The highest BCUT2D eigenvalue weighted by Gasteiger charge is 2.23.